The van der Waals surface area contributed by atoms with Crippen LogP contribution >= 0.6 is 23.1 Å². The molecule has 0 aliphatic carbocycles. The van der Waals surface area contributed by atoms with Gasteiger partial charge in [-0.3, -0.25) is 4.79 Å². The molecule has 9 rings (SSSR count). The molecule has 1 aromatic heterocycles. The number of carboxylic acids is 1. The summed E-state index contributed by atoms with van der Waals surface area (Å²) in [6.07, 6.45) is 11.7. The van der Waals surface area contributed by atoms with Crippen LogP contribution in [0.3, 0.4) is 0 Å². The first kappa shape index (κ1) is 49.3. The summed E-state index contributed by atoms with van der Waals surface area (Å²) in [6, 6.07) is 53.8. The molecule has 2 atom stereocenters. The van der Waals surface area contributed by atoms with Crippen molar-refractivity contribution in [2.75, 3.05) is 9.80 Å². The first-order valence-electron chi connectivity index (χ1n) is 25.1. The van der Waals surface area contributed by atoms with Crippen molar-refractivity contribution >= 4 is 89.6 Å². The Labute approximate surface area is 425 Å². The molecule has 0 spiro atoms. The van der Waals surface area contributed by atoms with Crippen LogP contribution in [-0.2, 0) is 17.6 Å². The first-order valence-corrected chi connectivity index (χ1v) is 26.8. The van der Waals surface area contributed by atoms with Gasteiger partial charge in [0.25, 0.3) is 0 Å². The molecule has 9 heteroatoms. The van der Waals surface area contributed by atoms with E-state index in [1.165, 1.54) is 41.2 Å². The summed E-state index contributed by atoms with van der Waals surface area (Å²) in [5.41, 5.74) is 8.92. The molecule has 0 radical (unpaired) electrons. The van der Waals surface area contributed by atoms with Gasteiger partial charge in [0.2, 0.25) is 0 Å². The zero-order valence-corrected chi connectivity index (χ0v) is 42.1. The predicted octanol–water partition coefficient (Wildman–Crippen LogP) is 18.7. The van der Waals surface area contributed by atoms with Gasteiger partial charge in [-0.25, -0.2) is 8.78 Å². The summed E-state index contributed by atoms with van der Waals surface area (Å²) in [7, 11) is 0. The fourth-order valence-corrected chi connectivity index (χ4v) is 12.8. The molecule has 1 N–H and O–H groups in total. The molecule has 360 valence electrons. The molecule has 2 unspecified atom stereocenters. The monoisotopic (exact) mass is 979 g/mol. The second-order valence-corrected chi connectivity index (χ2v) is 20.9. The third-order valence-corrected chi connectivity index (χ3v) is 16.4. The summed E-state index contributed by atoms with van der Waals surface area (Å²) in [6.45, 7) is 4.44. The number of hydrogen-bond acceptors (Lipinski definition) is 6. The smallest absolute Gasteiger partial charge is 0.321 e. The van der Waals surface area contributed by atoms with Crippen molar-refractivity contribution in [3.63, 3.8) is 0 Å². The molecule has 1 aliphatic rings. The van der Waals surface area contributed by atoms with Crippen molar-refractivity contribution in [3.05, 3.63) is 196 Å². The molecule has 0 amide bonds. The van der Waals surface area contributed by atoms with Gasteiger partial charge < -0.3 is 14.9 Å². The number of halogens is 2. The third-order valence-electron chi connectivity index (χ3n) is 13.6. The number of fused-ring (bicyclic) bond motifs is 2. The number of aliphatic carboxylic acids is 1. The van der Waals surface area contributed by atoms with Crippen LogP contribution in [0, 0.1) is 28.9 Å². The largest absolute Gasteiger partial charge is 0.480 e. The van der Waals surface area contributed by atoms with E-state index in [-0.39, 0.29) is 23.3 Å². The van der Waals surface area contributed by atoms with Gasteiger partial charge in [0.05, 0.1) is 17.4 Å². The predicted molar refractivity (Wildman–Crippen MR) is 294 cm³/mol. The number of aryl methyl sites for hydroxylation is 1. The second kappa shape index (κ2) is 23.0. The van der Waals surface area contributed by atoms with Crippen molar-refractivity contribution in [2.45, 2.75) is 96.1 Å². The van der Waals surface area contributed by atoms with Crippen molar-refractivity contribution in [1.82, 2.24) is 0 Å². The fourth-order valence-electron chi connectivity index (χ4n) is 9.96. The van der Waals surface area contributed by atoms with Crippen LogP contribution in [0.25, 0.3) is 26.5 Å². The van der Waals surface area contributed by atoms with E-state index >= 15 is 0 Å². The van der Waals surface area contributed by atoms with Gasteiger partial charge in [0, 0.05) is 59.9 Å². The molecule has 0 bridgehead atoms. The molecule has 0 saturated carbocycles. The maximum absolute atomic E-state index is 14.9. The maximum Gasteiger partial charge on any atom is 0.321 e. The summed E-state index contributed by atoms with van der Waals surface area (Å²) < 4.78 is 29.7. The van der Waals surface area contributed by atoms with E-state index < -0.39 is 11.9 Å². The summed E-state index contributed by atoms with van der Waals surface area (Å²) in [5.74, 6) is -2.84. The van der Waals surface area contributed by atoms with Crippen LogP contribution in [0.15, 0.2) is 163 Å². The number of nitriles is 1. The van der Waals surface area contributed by atoms with Crippen molar-refractivity contribution in [1.29, 1.82) is 5.26 Å². The zero-order chi connectivity index (χ0) is 49.3. The van der Waals surface area contributed by atoms with Crippen LogP contribution in [0.4, 0.5) is 42.9 Å². The number of thiophene rings is 1. The molecular weight excluding hydrogens is 921 g/mol. The van der Waals surface area contributed by atoms with E-state index in [2.05, 4.69) is 115 Å². The molecular formula is C62H59F2N3O2S2. The number of benzene rings is 7. The molecule has 0 saturated heterocycles. The Bertz CT molecular complexity index is 3050. The van der Waals surface area contributed by atoms with Gasteiger partial charge in [0.1, 0.15) is 17.6 Å². The minimum absolute atomic E-state index is 0.000485. The lowest BCUT2D eigenvalue weighted by Gasteiger charge is -2.32. The normalized spacial score (nSPS) is 14.0. The number of allylic oxidation sites excluding steroid dienone is 1. The highest BCUT2D eigenvalue weighted by Gasteiger charge is 2.32. The Kier molecular flexibility index (Phi) is 16.0. The van der Waals surface area contributed by atoms with Crippen molar-refractivity contribution < 1.29 is 18.7 Å². The highest BCUT2D eigenvalue weighted by molar-refractivity contribution is 8.09. The third kappa shape index (κ3) is 11.3. The lowest BCUT2D eigenvalue weighted by molar-refractivity contribution is -0.139. The van der Waals surface area contributed by atoms with Gasteiger partial charge >= 0.3 is 5.97 Å². The summed E-state index contributed by atoms with van der Waals surface area (Å²) in [5, 5.41) is 24.2. The Balaban J connectivity index is 1.24. The lowest BCUT2D eigenvalue weighted by Crippen LogP contribution is -2.15. The number of unbranched alkanes of at least 4 members (excludes halogenated alkanes) is 6. The van der Waals surface area contributed by atoms with E-state index in [0.717, 1.165) is 141 Å². The minimum Gasteiger partial charge on any atom is -0.480 e. The molecule has 7 aromatic carbocycles. The number of thioether (sulfide) groups is 1. The maximum atomic E-state index is 14.9. The summed E-state index contributed by atoms with van der Waals surface area (Å²) in [4.78, 5) is 20.1. The zero-order valence-electron chi connectivity index (χ0n) is 40.4. The average molecular weight is 980 g/mol. The van der Waals surface area contributed by atoms with Crippen LogP contribution in [0.1, 0.15) is 104 Å². The van der Waals surface area contributed by atoms with E-state index in [0.29, 0.717) is 0 Å². The number of hydrogen-bond donors (Lipinski definition) is 1. The topological polar surface area (TPSA) is 67.6 Å². The Morgan fingerprint density at radius 2 is 1.17 bits per heavy atom. The van der Waals surface area contributed by atoms with Gasteiger partial charge in [0.15, 0.2) is 0 Å². The Morgan fingerprint density at radius 1 is 0.648 bits per heavy atom. The van der Waals surface area contributed by atoms with Gasteiger partial charge in [-0.15, -0.1) is 23.1 Å². The van der Waals surface area contributed by atoms with Crippen LogP contribution < -0.4 is 9.80 Å². The van der Waals surface area contributed by atoms with Crippen LogP contribution in [0.2, 0.25) is 0 Å². The average Bonchev–Trinajstić information content (AvgIpc) is 4.01. The highest BCUT2D eigenvalue weighted by Crippen LogP contribution is 2.57. The SMILES string of the molecule is CCCCCCC1=C(c2cc(CCCCCC)c(CC(C#N)C(=O)O)s2)SC(c2cc(N(c3ccc(F)cc3)c3cccc4ccccc34)cc(N(c3ccc(F)cc3)c3cccc4ccccc34)c2)C1. The van der Waals surface area contributed by atoms with E-state index in [9.17, 15) is 23.9 Å². The Morgan fingerprint density at radius 3 is 1.69 bits per heavy atom. The molecule has 8 aromatic rings. The number of anilines is 6. The van der Waals surface area contributed by atoms with Gasteiger partial charge in [-0.2, -0.15) is 5.26 Å². The van der Waals surface area contributed by atoms with E-state index in [1.54, 1.807) is 11.3 Å². The number of carboxylic acid groups (broad SMARTS) is 1. The fraction of sp³-hybridized carbons (Fsp3) is 0.258. The molecule has 2 heterocycles. The van der Waals surface area contributed by atoms with Crippen molar-refractivity contribution in [2.24, 2.45) is 5.92 Å². The minimum atomic E-state index is -1.11. The van der Waals surface area contributed by atoms with Gasteiger partial charge in [-0.05, 0) is 139 Å². The van der Waals surface area contributed by atoms with Gasteiger partial charge in [-0.1, -0.05) is 131 Å². The standard InChI is InChI=1S/C62H59F2N3O2S2/c1-3-5-7-9-19-44-37-60(70-58(44)39-47(41-65)62(68)69)61-45(20-10-8-6-4-2)38-59(71-61)46-35-52(66(50-31-27-48(63)28-32-50)56-25-15-21-42-17-11-13-23-54(42)56)40-53(36-46)67(51-33-29-49(64)30-34-51)57-26-16-22-43-18-12-14-24-55(43)57/h11-18,21-37,40,47,59H,3-10,19-20,38-39H2,1-2H3,(H,68,69). The Hall–Kier alpha value is -6.73. The lowest BCUT2D eigenvalue weighted by atomic mass is 9.96. The number of nitrogens with zero attached hydrogens (tertiary/aromatic N) is 3. The first-order chi connectivity index (χ1) is 34.7. The molecule has 1 aliphatic heterocycles. The molecule has 5 nitrogen and oxygen atoms in total. The highest BCUT2D eigenvalue weighted by atomic mass is 32.2. The van der Waals surface area contributed by atoms with Crippen molar-refractivity contribution in [3.8, 4) is 6.07 Å². The molecule has 0 fully saturated rings. The summed E-state index contributed by atoms with van der Waals surface area (Å²) >= 11 is 3.54. The van der Waals surface area contributed by atoms with Crippen LogP contribution in [-0.4, -0.2) is 11.1 Å². The quantitative estimate of drug-likeness (QED) is 0.0724. The van der Waals surface area contributed by atoms with E-state index in [1.807, 2.05) is 60.3 Å². The number of carbonyl (C=O) groups is 1. The molecule has 71 heavy (non-hydrogen) atoms. The number of rotatable bonds is 21. The van der Waals surface area contributed by atoms with E-state index in [4.69, 9.17) is 0 Å². The van der Waals surface area contributed by atoms with Crippen LogP contribution in [0.5, 0.6) is 0 Å². The second-order valence-electron chi connectivity index (χ2n) is 18.6.